The van der Waals surface area contributed by atoms with Crippen LogP contribution in [0.3, 0.4) is 0 Å². The third-order valence-electron chi connectivity index (χ3n) is 3.21. The van der Waals surface area contributed by atoms with Crippen molar-refractivity contribution < 1.29 is 4.74 Å². The van der Waals surface area contributed by atoms with Crippen LogP contribution >= 0.6 is 0 Å². The van der Waals surface area contributed by atoms with Crippen LogP contribution in [0.15, 0.2) is 0 Å². The minimum Gasteiger partial charge on any atom is -0.360 e. The standard InChI is InChI=1S/C11H21NO/c1-9(2)12-11-6-4-3-5-10(7-11)8-13-11/h9-10,12H,3-8H2,1-2H3. The molecule has 1 saturated carbocycles. The van der Waals surface area contributed by atoms with Gasteiger partial charge < -0.3 is 4.74 Å². The lowest BCUT2D eigenvalue weighted by Gasteiger charge is -2.31. The van der Waals surface area contributed by atoms with Gasteiger partial charge in [0.2, 0.25) is 0 Å². The topological polar surface area (TPSA) is 21.3 Å². The Morgan fingerprint density at radius 2 is 2.23 bits per heavy atom. The van der Waals surface area contributed by atoms with E-state index in [0.717, 1.165) is 12.5 Å². The fourth-order valence-corrected chi connectivity index (χ4v) is 2.76. The molecule has 2 atom stereocenters. The summed E-state index contributed by atoms with van der Waals surface area (Å²) < 4.78 is 5.94. The molecular formula is C11H21NO. The van der Waals surface area contributed by atoms with E-state index < -0.39 is 0 Å². The molecule has 0 amide bonds. The molecule has 76 valence electrons. The molecule has 1 aliphatic carbocycles. The summed E-state index contributed by atoms with van der Waals surface area (Å²) in [6, 6.07) is 0.539. The Balaban J connectivity index is 2.02. The first-order valence-electron chi connectivity index (χ1n) is 5.62. The van der Waals surface area contributed by atoms with E-state index in [1.807, 2.05) is 0 Å². The molecule has 2 aliphatic rings. The van der Waals surface area contributed by atoms with Crippen LogP contribution < -0.4 is 5.32 Å². The van der Waals surface area contributed by atoms with Crippen LogP contribution in [0.1, 0.15) is 46.0 Å². The predicted octanol–water partition coefficient (Wildman–Crippen LogP) is 2.29. The van der Waals surface area contributed by atoms with Gasteiger partial charge in [-0.15, -0.1) is 0 Å². The van der Waals surface area contributed by atoms with E-state index in [2.05, 4.69) is 19.2 Å². The van der Waals surface area contributed by atoms with Crippen molar-refractivity contribution >= 4 is 0 Å². The van der Waals surface area contributed by atoms with Gasteiger partial charge in [0.1, 0.15) is 5.72 Å². The summed E-state index contributed by atoms with van der Waals surface area (Å²) in [4.78, 5) is 0. The molecule has 1 saturated heterocycles. The molecule has 0 aromatic rings. The van der Waals surface area contributed by atoms with E-state index in [9.17, 15) is 0 Å². The van der Waals surface area contributed by atoms with E-state index in [-0.39, 0.29) is 5.72 Å². The van der Waals surface area contributed by atoms with Gasteiger partial charge in [-0.05, 0) is 45.4 Å². The Labute approximate surface area is 81.0 Å². The fraction of sp³-hybridized carbons (Fsp3) is 1.00. The molecule has 0 aromatic heterocycles. The van der Waals surface area contributed by atoms with E-state index in [1.165, 1.54) is 32.1 Å². The lowest BCUT2D eigenvalue weighted by molar-refractivity contribution is -0.0410. The average molecular weight is 183 g/mol. The van der Waals surface area contributed by atoms with Crippen molar-refractivity contribution in [3.8, 4) is 0 Å². The highest BCUT2D eigenvalue weighted by molar-refractivity contribution is 4.90. The smallest absolute Gasteiger partial charge is 0.119 e. The van der Waals surface area contributed by atoms with Crippen molar-refractivity contribution in [1.29, 1.82) is 0 Å². The van der Waals surface area contributed by atoms with Crippen molar-refractivity contribution in [3.05, 3.63) is 0 Å². The first-order valence-corrected chi connectivity index (χ1v) is 5.62. The van der Waals surface area contributed by atoms with Crippen LogP contribution in [0.25, 0.3) is 0 Å². The Morgan fingerprint density at radius 1 is 1.38 bits per heavy atom. The van der Waals surface area contributed by atoms with Gasteiger partial charge in [-0.3, -0.25) is 5.32 Å². The van der Waals surface area contributed by atoms with Crippen molar-refractivity contribution in [1.82, 2.24) is 5.32 Å². The van der Waals surface area contributed by atoms with Crippen LogP contribution in [0, 0.1) is 5.92 Å². The number of fused-ring (bicyclic) bond motifs is 2. The van der Waals surface area contributed by atoms with Gasteiger partial charge in [-0.25, -0.2) is 0 Å². The summed E-state index contributed by atoms with van der Waals surface area (Å²) in [7, 11) is 0. The molecule has 0 radical (unpaired) electrons. The number of nitrogens with one attached hydrogen (secondary N) is 1. The molecule has 1 N–H and O–H groups in total. The molecule has 13 heavy (non-hydrogen) atoms. The zero-order valence-electron chi connectivity index (χ0n) is 8.81. The maximum absolute atomic E-state index is 5.94. The molecule has 0 aromatic carbocycles. The van der Waals surface area contributed by atoms with E-state index in [4.69, 9.17) is 4.74 Å². The maximum Gasteiger partial charge on any atom is 0.119 e. The summed E-state index contributed by atoms with van der Waals surface area (Å²) >= 11 is 0. The minimum absolute atomic E-state index is 0.0509. The van der Waals surface area contributed by atoms with Crippen LogP contribution in [-0.4, -0.2) is 18.4 Å². The zero-order chi connectivity index (χ0) is 9.31. The first-order chi connectivity index (χ1) is 6.20. The van der Waals surface area contributed by atoms with Crippen LogP contribution in [0.5, 0.6) is 0 Å². The Bertz CT molecular complexity index is 177. The Morgan fingerprint density at radius 3 is 3.00 bits per heavy atom. The van der Waals surface area contributed by atoms with Crippen molar-refractivity contribution in [2.45, 2.75) is 57.7 Å². The molecule has 1 aliphatic heterocycles. The number of hydrogen-bond donors (Lipinski definition) is 1. The predicted molar refractivity (Wildman–Crippen MR) is 53.5 cm³/mol. The van der Waals surface area contributed by atoms with Crippen LogP contribution in [-0.2, 0) is 4.74 Å². The first kappa shape index (κ1) is 9.47. The monoisotopic (exact) mass is 183 g/mol. The maximum atomic E-state index is 5.94. The van der Waals surface area contributed by atoms with Gasteiger partial charge in [-0.1, -0.05) is 6.42 Å². The summed E-state index contributed by atoms with van der Waals surface area (Å²) in [6.07, 6.45) is 6.56. The molecule has 2 fully saturated rings. The minimum atomic E-state index is 0.0509. The van der Waals surface area contributed by atoms with Gasteiger partial charge in [0.15, 0.2) is 0 Å². The van der Waals surface area contributed by atoms with E-state index in [0.29, 0.717) is 6.04 Å². The van der Waals surface area contributed by atoms with Gasteiger partial charge in [0, 0.05) is 6.04 Å². The van der Waals surface area contributed by atoms with Gasteiger partial charge in [0.05, 0.1) is 6.61 Å². The quantitative estimate of drug-likeness (QED) is 0.709. The second-order valence-electron chi connectivity index (χ2n) is 4.92. The highest BCUT2D eigenvalue weighted by Gasteiger charge is 2.41. The molecule has 2 heteroatoms. The van der Waals surface area contributed by atoms with Crippen molar-refractivity contribution in [2.75, 3.05) is 6.61 Å². The second-order valence-corrected chi connectivity index (χ2v) is 4.92. The molecular weight excluding hydrogens is 162 g/mol. The largest absolute Gasteiger partial charge is 0.360 e. The number of ether oxygens (including phenoxy) is 1. The summed E-state index contributed by atoms with van der Waals surface area (Å²) in [5, 5.41) is 3.60. The van der Waals surface area contributed by atoms with E-state index in [1.54, 1.807) is 0 Å². The lowest BCUT2D eigenvalue weighted by atomic mass is 9.99. The van der Waals surface area contributed by atoms with Gasteiger partial charge in [-0.2, -0.15) is 0 Å². The van der Waals surface area contributed by atoms with Crippen molar-refractivity contribution in [3.63, 3.8) is 0 Å². The highest BCUT2D eigenvalue weighted by Crippen LogP contribution is 2.38. The average Bonchev–Trinajstić information content (AvgIpc) is 2.27. The summed E-state index contributed by atoms with van der Waals surface area (Å²) in [5.41, 5.74) is 0.0509. The third-order valence-corrected chi connectivity index (χ3v) is 3.21. The molecule has 2 rings (SSSR count). The van der Waals surface area contributed by atoms with Crippen LogP contribution in [0.2, 0.25) is 0 Å². The van der Waals surface area contributed by atoms with E-state index >= 15 is 0 Å². The second kappa shape index (κ2) is 3.58. The SMILES string of the molecule is CC(C)NC12CCCCC(CO1)C2. The fourth-order valence-electron chi connectivity index (χ4n) is 2.76. The summed E-state index contributed by atoms with van der Waals surface area (Å²) in [6.45, 7) is 5.40. The molecule has 2 bridgehead atoms. The highest BCUT2D eigenvalue weighted by atomic mass is 16.5. The Hall–Kier alpha value is -0.0800. The number of hydrogen-bond acceptors (Lipinski definition) is 2. The molecule has 1 heterocycles. The third kappa shape index (κ3) is 2.05. The van der Waals surface area contributed by atoms with Crippen molar-refractivity contribution in [2.24, 2.45) is 5.92 Å². The van der Waals surface area contributed by atoms with Crippen LogP contribution in [0.4, 0.5) is 0 Å². The Kier molecular flexibility index (Phi) is 2.61. The molecule has 2 nitrogen and oxygen atoms in total. The number of rotatable bonds is 2. The summed E-state index contributed by atoms with van der Waals surface area (Å²) in [5.74, 6) is 0.828. The van der Waals surface area contributed by atoms with Gasteiger partial charge >= 0.3 is 0 Å². The molecule has 0 spiro atoms. The lowest BCUT2D eigenvalue weighted by Crippen LogP contribution is -2.48. The van der Waals surface area contributed by atoms with Gasteiger partial charge in [0.25, 0.3) is 0 Å². The molecule has 2 unspecified atom stereocenters. The zero-order valence-corrected chi connectivity index (χ0v) is 8.81. The normalized spacial score (nSPS) is 39.5.